The van der Waals surface area contributed by atoms with E-state index in [1.807, 2.05) is 32.0 Å². The first-order valence-corrected chi connectivity index (χ1v) is 12.5. The van der Waals surface area contributed by atoms with Gasteiger partial charge in [-0.1, -0.05) is 36.1 Å². The van der Waals surface area contributed by atoms with Crippen molar-refractivity contribution in [1.29, 1.82) is 0 Å². The summed E-state index contributed by atoms with van der Waals surface area (Å²) >= 11 is 6.66. The number of hydrogen-bond donors (Lipinski definition) is 0. The number of aryl methyl sites for hydroxylation is 2. The molecule has 1 amide bonds. The molecule has 3 aromatic rings. The first-order chi connectivity index (χ1) is 18.1. The number of ether oxygens (including phenoxy) is 2. The van der Waals surface area contributed by atoms with E-state index in [4.69, 9.17) is 21.7 Å². The summed E-state index contributed by atoms with van der Waals surface area (Å²) in [5.41, 5.74) is 2.50. The van der Waals surface area contributed by atoms with Crippen LogP contribution in [0.4, 0.5) is 17.1 Å². The van der Waals surface area contributed by atoms with Gasteiger partial charge >= 0.3 is 5.69 Å². The third-order valence-corrected chi connectivity index (χ3v) is 6.98. The van der Waals surface area contributed by atoms with Crippen molar-refractivity contribution in [3.05, 3.63) is 96.4 Å². The number of nitro benzene ring substituents is 2. The van der Waals surface area contributed by atoms with Crippen LogP contribution in [0.5, 0.6) is 17.2 Å². The number of carbonyl (C=O) groups is 1. The summed E-state index contributed by atoms with van der Waals surface area (Å²) in [6, 6.07) is 13.7. The fraction of sp³-hybridized carbons (Fsp3) is 0.154. The number of anilines is 1. The molecule has 12 heteroatoms. The van der Waals surface area contributed by atoms with Gasteiger partial charge < -0.3 is 9.47 Å². The van der Waals surface area contributed by atoms with Gasteiger partial charge in [-0.3, -0.25) is 29.9 Å². The van der Waals surface area contributed by atoms with E-state index in [-0.39, 0.29) is 29.8 Å². The normalized spacial score (nSPS) is 14.2. The number of hydrogen-bond acceptors (Lipinski definition) is 9. The molecule has 194 valence electrons. The Bertz CT molecular complexity index is 1520. The largest absolute Gasteiger partial charge is 0.490 e. The molecule has 4 rings (SSSR count). The standard InChI is InChI=1S/C26H21N3O7S2/c1-4-35-23-12-17(6-9-22(23)36-21-10-8-19(28(31)32)14-20(21)29(33)34)13-24-25(30)27(26(37)38-24)18-7-5-15(2)16(3)11-18/h5-14H,4H2,1-3H3/b24-13+. The van der Waals surface area contributed by atoms with Crippen molar-refractivity contribution < 1.29 is 24.1 Å². The molecule has 0 atom stereocenters. The molecule has 1 aliphatic rings. The highest BCUT2D eigenvalue weighted by molar-refractivity contribution is 8.27. The van der Waals surface area contributed by atoms with E-state index >= 15 is 0 Å². The number of nitro groups is 2. The lowest BCUT2D eigenvalue weighted by Crippen LogP contribution is -2.27. The predicted octanol–water partition coefficient (Wildman–Crippen LogP) is 6.72. The topological polar surface area (TPSA) is 125 Å². The molecule has 0 N–H and O–H groups in total. The van der Waals surface area contributed by atoms with E-state index in [2.05, 4.69) is 0 Å². The molecule has 0 aliphatic carbocycles. The Labute approximate surface area is 227 Å². The van der Waals surface area contributed by atoms with Crippen molar-refractivity contribution in [2.45, 2.75) is 20.8 Å². The second-order valence-corrected chi connectivity index (χ2v) is 9.87. The number of carbonyl (C=O) groups excluding carboxylic acids is 1. The maximum absolute atomic E-state index is 13.2. The second kappa shape index (κ2) is 11.0. The lowest BCUT2D eigenvalue weighted by molar-refractivity contribution is -0.394. The van der Waals surface area contributed by atoms with E-state index in [1.165, 1.54) is 16.7 Å². The Balaban J connectivity index is 1.64. The van der Waals surface area contributed by atoms with Crippen LogP contribution in [-0.4, -0.2) is 26.7 Å². The van der Waals surface area contributed by atoms with Gasteiger partial charge in [0.1, 0.15) is 0 Å². The zero-order valence-electron chi connectivity index (χ0n) is 20.5. The van der Waals surface area contributed by atoms with Crippen LogP contribution in [-0.2, 0) is 4.79 Å². The van der Waals surface area contributed by atoms with Crippen molar-refractivity contribution in [2.75, 3.05) is 11.5 Å². The van der Waals surface area contributed by atoms with Crippen LogP contribution in [0.15, 0.2) is 59.5 Å². The van der Waals surface area contributed by atoms with E-state index in [0.717, 1.165) is 29.3 Å². The second-order valence-electron chi connectivity index (χ2n) is 8.19. The fourth-order valence-electron chi connectivity index (χ4n) is 3.64. The van der Waals surface area contributed by atoms with Crippen LogP contribution in [0.2, 0.25) is 0 Å². The molecule has 0 bridgehead atoms. The summed E-state index contributed by atoms with van der Waals surface area (Å²) in [6.45, 7) is 6.00. The summed E-state index contributed by atoms with van der Waals surface area (Å²) in [7, 11) is 0. The van der Waals surface area contributed by atoms with Crippen LogP contribution < -0.4 is 14.4 Å². The van der Waals surface area contributed by atoms with Gasteiger partial charge in [-0.15, -0.1) is 0 Å². The van der Waals surface area contributed by atoms with Crippen molar-refractivity contribution in [1.82, 2.24) is 0 Å². The average Bonchev–Trinajstić information content (AvgIpc) is 3.15. The number of benzene rings is 3. The Kier molecular flexibility index (Phi) is 7.74. The number of amides is 1. The molecule has 0 aromatic heterocycles. The molecule has 1 fully saturated rings. The minimum Gasteiger partial charge on any atom is -0.490 e. The van der Waals surface area contributed by atoms with Crippen LogP contribution in [0.3, 0.4) is 0 Å². The quantitative estimate of drug-likeness (QED) is 0.130. The zero-order chi connectivity index (χ0) is 27.6. The molecule has 10 nitrogen and oxygen atoms in total. The first kappa shape index (κ1) is 26.8. The van der Waals surface area contributed by atoms with Crippen molar-refractivity contribution in [3.63, 3.8) is 0 Å². The molecule has 0 saturated carbocycles. The van der Waals surface area contributed by atoms with Crippen LogP contribution in [0.25, 0.3) is 6.08 Å². The Morgan fingerprint density at radius 1 is 0.947 bits per heavy atom. The van der Waals surface area contributed by atoms with Crippen LogP contribution >= 0.6 is 24.0 Å². The monoisotopic (exact) mass is 551 g/mol. The fourth-order valence-corrected chi connectivity index (χ4v) is 4.94. The number of rotatable bonds is 8. The predicted molar refractivity (Wildman–Crippen MR) is 149 cm³/mol. The summed E-state index contributed by atoms with van der Waals surface area (Å²) in [6.07, 6.45) is 1.68. The molecule has 0 unspecified atom stereocenters. The number of thioether (sulfide) groups is 1. The Morgan fingerprint density at radius 3 is 2.34 bits per heavy atom. The van der Waals surface area contributed by atoms with Gasteiger partial charge in [0.15, 0.2) is 15.8 Å². The molecule has 1 aliphatic heterocycles. The highest BCUT2D eigenvalue weighted by atomic mass is 32.2. The van der Waals surface area contributed by atoms with E-state index < -0.39 is 21.2 Å². The van der Waals surface area contributed by atoms with Gasteiger partial charge in [0.2, 0.25) is 5.75 Å². The molecular weight excluding hydrogens is 530 g/mol. The van der Waals surface area contributed by atoms with Gasteiger partial charge in [0, 0.05) is 6.07 Å². The minimum atomic E-state index is -0.755. The summed E-state index contributed by atoms with van der Waals surface area (Å²) in [5, 5.41) is 22.5. The SMILES string of the molecule is CCOc1cc(/C=C2/SC(=S)N(c3ccc(C)c(C)c3)C2=O)ccc1Oc1ccc([N+](=O)[O-])cc1[N+](=O)[O-]. The molecule has 0 radical (unpaired) electrons. The third kappa shape index (κ3) is 5.50. The summed E-state index contributed by atoms with van der Waals surface area (Å²) in [5.74, 6) is 0.0220. The molecule has 0 spiro atoms. The van der Waals surface area contributed by atoms with Crippen LogP contribution in [0.1, 0.15) is 23.6 Å². The maximum atomic E-state index is 13.2. The highest BCUT2D eigenvalue weighted by Crippen LogP contribution is 2.40. The van der Waals surface area contributed by atoms with Crippen molar-refractivity contribution in [2.24, 2.45) is 0 Å². The van der Waals surface area contributed by atoms with Gasteiger partial charge in [-0.25, -0.2) is 0 Å². The maximum Gasteiger partial charge on any atom is 0.318 e. The first-order valence-electron chi connectivity index (χ1n) is 11.3. The number of nitrogens with zero attached hydrogens (tertiary/aromatic N) is 3. The van der Waals surface area contributed by atoms with Gasteiger partial charge in [0.25, 0.3) is 11.6 Å². The number of thiocarbonyl (C=S) groups is 1. The average molecular weight is 552 g/mol. The third-order valence-electron chi connectivity index (χ3n) is 5.68. The highest BCUT2D eigenvalue weighted by Gasteiger charge is 2.33. The van der Waals surface area contributed by atoms with E-state index in [1.54, 1.807) is 31.2 Å². The molecule has 38 heavy (non-hydrogen) atoms. The van der Waals surface area contributed by atoms with Crippen molar-refractivity contribution in [3.8, 4) is 17.2 Å². The lowest BCUT2D eigenvalue weighted by Gasteiger charge is -2.16. The molecular formula is C26H21N3O7S2. The van der Waals surface area contributed by atoms with E-state index in [9.17, 15) is 25.0 Å². The summed E-state index contributed by atoms with van der Waals surface area (Å²) < 4.78 is 11.8. The lowest BCUT2D eigenvalue weighted by atomic mass is 10.1. The molecule has 3 aromatic carbocycles. The smallest absolute Gasteiger partial charge is 0.318 e. The summed E-state index contributed by atoms with van der Waals surface area (Å²) in [4.78, 5) is 36.1. The molecule has 1 saturated heterocycles. The zero-order valence-corrected chi connectivity index (χ0v) is 22.1. The Morgan fingerprint density at radius 2 is 1.68 bits per heavy atom. The van der Waals surface area contributed by atoms with Gasteiger partial charge in [0.05, 0.1) is 33.1 Å². The number of non-ortho nitro benzene ring substituents is 1. The molecule has 1 heterocycles. The van der Waals surface area contributed by atoms with Crippen molar-refractivity contribution >= 4 is 57.3 Å². The Hall–Kier alpha value is -4.29. The van der Waals surface area contributed by atoms with Gasteiger partial charge in [-0.05, 0) is 73.9 Å². The van der Waals surface area contributed by atoms with Crippen LogP contribution in [0, 0.1) is 34.1 Å². The van der Waals surface area contributed by atoms with Gasteiger partial charge in [-0.2, -0.15) is 0 Å². The van der Waals surface area contributed by atoms with E-state index in [0.29, 0.717) is 20.5 Å². The minimum absolute atomic E-state index is 0.170.